The molecule has 7 heteroatoms. The third kappa shape index (κ3) is 2.91. The number of ketones is 1. The number of imidazole rings is 1. The van der Waals surface area contributed by atoms with E-state index in [1.54, 1.807) is 31.8 Å². The van der Waals surface area contributed by atoms with Gasteiger partial charge in [-0.25, -0.2) is 9.97 Å². The van der Waals surface area contributed by atoms with Gasteiger partial charge in [-0.15, -0.1) is 0 Å². The third-order valence-corrected chi connectivity index (χ3v) is 3.99. The lowest BCUT2D eigenvalue weighted by molar-refractivity contribution is 0.0987. The minimum atomic E-state index is -0.121. The maximum Gasteiger partial charge on any atom is 0.191 e. The van der Waals surface area contributed by atoms with E-state index in [9.17, 15) is 4.79 Å². The van der Waals surface area contributed by atoms with Crippen LogP contribution in [0.15, 0.2) is 47.7 Å². The zero-order chi connectivity index (χ0) is 17.4. The summed E-state index contributed by atoms with van der Waals surface area (Å²) in [4.78, 5) is 29.3. The largest absolute Gasteiger partial charge is 0.449 e. The Morgan fingerprint density at radius 1 is 1.16 bits per heavy atom. The standard InChI is InChI=1S/C18H15N5O2/c1-11-22-16(9-25-11)18(24)5-14-3-12-4-15(17-8-19-10-23(17)2)21-7-13(12)6-20-14/h3-4,6-10H,5H2,1-2H3. The molecule has 0 aliphatic carbocycles. The van der Waals surface area contributed by atoms with Gasteiger partial charge in [0.15, 0.2) is 11.7 Å². The molecule has 0 aliphatic heterocycles. The Bertz CT molecular complexity index is 1080. The van der Waals surface area contributed by atoms with Crippen molar-refractivity contribution in [2.75, 3.05) is 0 Å². The Hall–Kier alpha value is -3.35. The van der Waals surface area contributed by atoms with Gasteiger partial charge in [0.25, 0.3) is 0 Å². The van der Waals surface area contributed by atoms with E-state index in [4.69, 9.17) is 4.42 Å². The summed E-state index contributed by atoms with van der Waals surface area (Å²) in [5.74, 6) is 0.353. The lowest BCUT2D eigenvalue weighted by Crippen LogP contribution is -2.05. The quantitative estimate of drug-likeness (QED) is 0.534. The van der Waals surface area contributed by atoms with Crippen molar-refractivity contribution < 1.29 is 9.21 Å². The van der Waals surface area contributed by atoms with Gasteiger partial charge in [0.05, 0.1) is 30.3 Å². The number of hydrogen-bond acceptors (Lipinski definition) is 6. The lowest BCUT2D eigenvalue weighted by Gasteiger charge is -2.05. The first-order valence-electron chi connectivity index (χ1n) is 7.77. The summed E-state index contributed by atoms with van der Waals surface area (Å²) in [6.07, 6.45) is 8.56. The van der Waals surface area contributed by atoms with Crippen molar-refractivity contribution in [3.05, 3.63) is 60.6 Å². The average Bonchev–Trinajstić information content (AvgIpc) is 3.22. The van der Waals surface area contributed by atoms with Crippen LogP contribution in [-0.4, -0.2) is 30.3 Å². The summed E-state index contributed by atoms with van der Waals surface area (Å²) >= 11 is 0. The highest BCUT2D eigenvalue weighted by molar-refractivity contribution is 5.95. The van der Waals surface area contributed by atoms with Crippen molar-refractivity contribution in [3.8, 4) is 11.4 Å². The van der Waals surface area contributed by atoms with Gasteiger partial charge in [0.1, 0.15) is 12.0 Å². The molecule has 0 atom stereocenters. The van der Waals surface area contributed by atoms with Crippen LogP contribution in [-0.2, 0) is 13.5 Å². The van der Waals surface area contributed by atoms with Gasteiger partial charge in [-0.1, -0.05) is 0 Å². The molecule has 4 rings (SSSR count). The Kier molecular flexibility index (Phi) is 3.61. The van der Waals surface area contributed by atoms with Gasteiger partial charge in [0.2, 0.25) is 0 Å². The molecule has 4 aromatic rings. The van der Waals surface area contributed by atoms with Crippen molar-refractivity contribution in [2.24, 2.45) is 7.05 Å². The summed E-state index contributed by atoms with van der Waals surface area (Å²) in [5.41, 5.74) is 2.75. The monoisotopic (exact) mass is 333 g/mol. The van der Waals surface area contributed by atoms with E-state index in [0.717, 1.165) is 22.2 Å². The summed E-state index contributed by atoms with van der Waals surface area (Å²) in [6.45, 7) is 1.71. The highest BCUT2D eigenvalue weighted by atomic mass is 16.3. The van der Waals surface area contributed by atoms with Crippen LogP contribution in [0.3, 0.4) is 0 Å². The van der Waals surface area contributed by atoms with Crippen molar-refractivity contribution in [1.82, 2.24) is 24.5 Å². The fourth-order valence-corrected chi connectivity index (χ4v) is 2.67. The van der Waals surface area contributed by atoms with Crippen molar-refractivity contribution >= 4 is 16.6 Å². The normalized spacial score (nSPS) is 11.1. The number of aryl methyl sites for hydroxylation is 2. The van der Waals surface area contributed by atoms with Crippen LogP contribution in [0.25, 0.3) is 22.2 Å². The molecule has 0 bridgehead atoms. The fraction of sp³-hybridized carbons (Fsp3) is 0.167. The Labute approximate surface area is 143 Å². The van der Waals surface area contributed by atoms with E-state index >= 15 is 0 Å². The van der Waals surface area contributed by atoms with Crippen LogP contribution in [0.5, 0.6) is 0 Å². The molecule has 0 aromatic carbocycles. The smallest absolute Gasteiger partial charge is 0.191 e. The second-order valence-electron chi connectivity index (χ2n) is 5.83. The fourth-order valence-electron chi connectivity index (χ4n) is 2.67. The van der Waals surface area contributed by atoms with Crippen LogP contribution in [0.1, 0.15) is 22.1 Å². The van der Waals surface area contributed by atoms with Crippen LogP contribution in [0.2, 0.25) is 0 Å². The third-order valence-electron chi connectivity index (χ3n) is 3.99. The minimum Gasteiger partial charge on any atom is -0.449 e. The summed E-state index contributed by atoms with van der Waals surface area (Å²) in [5, 5.41) is 1.89. The van der Waals surface area contributed by atoms with Gasteiger partial charge in [-0.05, 0) is 17.5 Å². The Balaban J connectivity index is 1.67. The molecular weight excluding hydrogens is 318 g/mol. The molecule has 7 nitrogen and oxygen atoms in total. The molecule has 0 saturated heterocycles. The predicted molar refractivity (Wildman–Crippen MR) is 91.0 cm³/mol. The number of aromatic nitrogens is 5. The maximum absolute atomic E-state index is 12.3. The van der Waals surface area contributed by atoms with Gasteiger partial charge >= 0.3 is 0 Å². The summed E-state index contributed by atoms with van der Waals surface area (Å²) in [7, 11) is 1.92. The molecule has 0 unspecified atom stereocenters. The van der Waals surface area contributed by atoms with Crippen LogP contribution >= 0.6 is 0 Å². The number of carbonyl (C=O) groups excluding carboxylic acids is 1. The summed E-state index contributed by atoms with van der Waals surface area (Å²) < 4.78 is 7.00. The molecule has 0 spiro atoms. The van der Waals surface area contributed by atoms with E-state index in [2.05, 4.69) is 19.9 Å². The minimum absolute atomic E-state index is 0.121. The molecule has 0 aliphatic rings. The number of carbonyl (C=O) groups is 1. The van der Waals surface area contributed by atoms with E-state index in [-0.39, 0.29) is 12.2 Å². The average molecular weight is 333 g/mol. The zero-order valence-corrected chi connectivity index (χ0v) is 13.8. The number of nitrogens with zero attached hydrogens (tertiary/aromatic N) is 5. The number of rotatable bonds is 4. The van der Waals surface area contributed by atoms with Crippen LogP contribution < -0.4 is 0 Å². The number of hydrogen-bond donors (Lipinski definition) is 0. The van der Waals surface area contributed by atoms with E-state index in [1.165, 1.54) is 6.26 Å². The molecule has 25 heavy (non-hydrogen) atoms. The van der Waals surface area contributed by atoms with E-state index in [0.29, 0.717) is 17.3 Å². The van der Waals surface area contributed by atoms with Gasteiger partial charge in [-0.2, -0.15) is 0 Å². The molecule has 0 N–H and O–H groups in total. The molecule has 124 valence electrons. The summed E-state index contributed by atoms with van der Waals surface area (Å²) in [6, 6.07) is 3.88. The SMILES string of the molecule is Cc1nc(C(=O)Cc2cc3cc(-c4cncn4C)ncc3cn2)co1. The molecule has 0 radical (unpaired) electrons. The molecule has 4 heterocycles. The highest BCUT2D eigenvalue weighted by Gasteiger charge is 2.13. The maximum atomic E-state index is 12.3. The first kappa shape index (κ1) is 15.2. The zero-order valence-electron chi connectivity index (χ0n) is 13.8. The first-order chi connectivity index (χ1) is 12.1. The molecule has 0 amide bonds. The molecule has 4 aromatic heterocycles. The predicted octanol–water partition coefficient (Wildman–Crippen LogP) is 2.75. The Morgan fingerprint density at radius 2 is 2.00 bits per heavy atom. The van der Waals surface area contributed by atoms with E-state index in [1.807, 2.05) is 23.7 Å². The topological polar surface area (TPSA) is 86.7 Å². The van der Waals surface area contributed by atoms with E-state index < -0.39 is 0 Å². The van der Waals surface area contributed by atoms with Gasteiger partial charge in [-0.3, -0.25) is 14.8 Å². The number of fused-ring (bicyclic) bond motifs is 1. The van der Waals surface area contributed by atoms with Crippen LogP contribution in [0, 0.1) is 6.92 Å². The molecular formula is C18H15N5O2. The van der Waals surface area contributed by atoms with Crippen molar-refractivity contribution in [1.29, 1.82) is 0 Å². The Morgan fingerprint density at radius 3 is 2.72 bits per heavy atom. The van der Waals surface area contributed by atoms with Crippen molar-refractivity contribution in [2.45, 2.75) is 13.3 Å². The number of oxazole rings is 1. The number of Topliss-reactive ketones (excluding diaryl/α,β-unsaturated/α-hetero) is 1. The molecule has 0 fully saturated rings. The van der Waals surface area contributed by atoms with Crippen molar-refractivity contribution in [3.63, 3.8) is 0 Å². The lowest BCUT2D eigenvalue weighted by atomic mass is 10.1. The number of pyridine rings is 2. The van der Waals surface area contributed by atoms with Gasteiger partial charge < -0.3 is 8.98 Å². The van der Waals surface area contributed by atoms with Gasteiger partial charge in [0, 0.05) is 37.4 Å². The second-order valence-corrected chi connectivity index (χ2v) is 5.83. The van der Waals surface area contributed by atoms with Crippen LogP contribution in [0.4, 0.5) is 0 Å². The second kappa shape index (κ2) is 5.94. The molecule has 0 saturated carbocycles. The highest BCUT2D eigenvalue weighted by Crippen LogP contribution is 2.22. The first-order valence-corrected chi connectivity index (χ1v) is 7.77.